The number of fused-ring (bicyclic) bond motifs is 1. The highest BCUT2D eigenvalue weighted by molar-refractivity contribution is 6.24. The molecule has 1 N–H and O–H groups in total. The zero-order valence-corrected chi connectivity index (χ0v) is 27.2. The standard InChI is InChI=1S/C36H44N4O6/c1-25(26-10-6-5-7-11-26)38-19-21-39(22-20-38)30-13-8-12-28-34(30)36(43)40(35(28)42)29(14-9-18-37-33(41)17-23-44-2)27-15-16-31(45-3)32(24-27)46-4/h5-8,10-13,15-16,24-25,29H,9,14,17-23H2,1-4H3,(H,37,41). The van der Waals surface area contributed by atoms with Gasteiger partial charge < -0.3 is 24.4 Å². The molecule has 46 heavy (non-hydrogen) atoms. The van der Waals surface area contributed by atoms with E-state index in [4.69, 9.17) is 14.2 Å². The number of benzene rings is 3. The Morgan fingerprint density at radius 2 is 1.59 bits per heavy atom. The van der Waals surface area contributed by atoms with Gasteiger partial charge in [0.15, 0.2) is 11.5 Å². The van der Waals surface area contributed by atoms with Crippen LogP contribution in [-0.4, -0.2) is 88.2 Å². The maximum atomic E-state index is 14.3. The summed E-state index contributed by atoms with van der Waals surface area (Å²) in [6.45, 7) is 6.16. The third-order valence-electron chi connectivity index (χ3n) is 9.02. The maximum absolute atomic E-state index is 14.3. The highest BCUT2D eigenvalue weighted by atomic mass is 16.5. The summed E-state index contributed by atoms with van der Waals surface area (Å²) in [5.41, 5.74) is 3.70. The Morgan fingerprint density at radius 1 is 0.848 bits per heavy atom. The van der Waals surface area contributed by atoms with Crippen LogP contribution in [0.2, 0.25) is 0 Å². The number of hydrogen-bond donors (Lipinski definition) is 1. The molecule has 10 nitrogen and oxygen atoms in total. The van der Waals surface area contributed by atoms with Gasteiger partial charge in [-0.2, -0.15) is 0 Å². The van der Waals surface area contributed by atoms with Crippen molar-refractivity contribution in [3.05, 3.63) is 89.0 Å². The van der Waals surface area contributed by atoms with Gasteiger partial charge in [-0.05, 0) is 55.2 Å². The lowest BCUT2D eigenvalue weighted by molar-refractivity contribution is -0.121. The monoisotopic (exact) mass is 628 g/mol. The molecule has 1 saturated heterocycles. The Kier molecular flexibility index (Phi) is 10.9. The summed E-state index contributed by atoms with van der Waals surface area (Å²) in [7, 11) is 4.68. The number of anilines is 1. The van der Waals surface area contributed by atoms with Gasteiger partial charge in [0.25, 0.3) is 11.8 Å². The summed E-state index contributed by atoms with van der Waals surface area (Å²) in [6, 6.07) is 21.2. The first kappa shape index (κ1) is 33.0. The molecule has 2 heterocycles. The van der Waals surface area contributed by atoms with E-state index in [1.165, 1.54) is 10.5 Å². The highest BCUT2D eigenvalue weighted by Gasteiger charge is 2.43. The molecule has 3 aromatic carbocycles. The molecule has 0 bridgehead atoms. The average Bonchev–Trinajstić information content (AvgIpc) is 3.36. The third-order valence-corrected chi connectivity index (χ3v) is 9.02. The maximum Gasteiger partial charge on any atom is 0.264 e. The molecule has 5 rings (SSSR count). The van der Waals surface area contributed by atoms with Gasteiger partial charge in [-0.3, -0.25) is 24.2 Å². The SMILES string of the molecule is COCCC(=O)NCCCC(c1ccc(OC)c(OC)c1)N1C(=O)c2cccc(N3CCN(C(C)c4ccccc4)CC3)c2C1=O. The molecule has 3 aromatic rings. The first-order valence-electron chi connectivity index (χ1n) is 15.9. The van der Waals surface area contributed by atoms with Crippen molar-refractivity contribution >= 4 is 23.4 Å². The second kappa shape index (κ2) is 15.2. The van der Waals surface area contributed by atoms with E-state index in [0.29, 0.717) is 48.6 Å². The topological polar surface area (TPSA) is 101 Å². The van der Waals surface area contributed by atoms with Crippen LogP contribution in [0.4, 0.5) is 5.69 Å². The summed E-state index contributed by atoms with van der Waals surface area (Å²) in [5.74, 6) is 0.341. The van der Waals surface area contributed by atoms with Crippen molar-refractivity contribution in [2.24, 2.45) is 0 Å². The van der Waals surface area contributed by atoms with Crippen molar-refractivity contribution in [3.63, 3.8) is 0 Å². The molecular weight excluding hydrogens is 584 g/mol. The Balaban J connectivity index is 1.37. The number of nitrogens with one attached hydrogen (secondary N) is 1. The van der Waals surface area contributed by atoms with E-state index in [2.05, 4.69) is 46.3 Å². The van der Waals surface area contributed by atoms with Crippen LogP contribution < -0.4 is 19.7 Å². The molecule has 2 atom stereocenters. The predicted molar refractivity (Wildman–Crippen MR) is 177 cm³/mol. The summed E-state index contributed by atoms with van der Waals surface area (Å²) >= 11 is 0. The largest absolute Gasteiger partial charge is 0.493 e. The van der Waals surface area contributed by atoms with E-state index in [1.807, 2.05) is 30.3 Å². The van der Waals surface area contributed by atoms with Crippen molar-refractivity contribution in [2.45, 2.75) is 38.3 Å². The molecule has 0 aromatic heterocycles. The lowest BCUT2D eigenvalue weighted by atomic mass is 9.99. The summed E-state index contributed by atoms with van der Waals surface area (Å²) in [4.78, 5) is 46.6. The summed E-state index contributed by atoms with van der Waals surface area (Å²) < 4.78 is 16.0. The van der Waals surface area contributed by atoms with Crippen molar-refractivity contribution < 1.29 is 28.6 Å². The Bertz CT molecular complexity index is 1520. The number of carbonyl (C=O) groups is 3. The molecule has 10 heteroatoms. The number of methoxy groups -OCH3 is 3. The van der Waals surface area contributed by atoms with Gasteiger partial charge >= 0.3 is 0 Å². The van der Waals surface area contributed by atoms with Crippen LogP contribution in [-0.2, 0) is 9.53 Å². The normalized spacial score (nSPS) is 16.3. The Morgan fingerprint density at radius 3 is 2.28 bits per heavy atom. The van der Waals surface area contributed by atoms with Gasteiger partial charge in [0.1, 0.15) is 0 Å². The Hall–Kier alpha value is -4.41. The van der Waals surface area contributed by atoms with Crippen LogP contribution in [0.25, 0.3) is 0 Å². The van der Waals surface area contributed by atoms with Crippen LogP contribution in [0.5, 0.6) is 11.5 Å². The molecular formula is C36H44N4O6. The molecule has 2 aliphatic heterocycles. The minimum Gasteiger partial charge on any atom is -0.493 e. The van der Waals surface area contributed by atoms with Gasteiger partial charge in [0, 0.05) is 52.3 Å². The smallest absolute Gasteiger partial charge is 0.264 e. The molecule has 0 aliphatic carbocycles. The van der Waals surface area contributed by atoms with E-state index in [1.54, 1.807) is 33.5 Å². The first-order valence-corrected chi connectivity index (χ1v) is 15.9. The fourth-order valence-corrected chi connectivity index (χ4v) is 6.44. The number of piperazine rings is 1. The minimum absolute atomic E-state index is 0.104. The second-order valence-electron chi connectivity index (χ2n) is 11.7. The Labute approximate surface area is 271 Å². The fourth-order valence-electron chi connectivity index (χ4n) is 6.44. The number of nitrogens with zero attached hydrogens (tertiary/aromatic N) is 3. The van der Waals surface area contributed by atoms with Crippen LogP contribution in [0.3, 0.4) is 0 Å². The van der Waals surface area contributed by atoms with E-state index < -0.39 is 6.04 Å². The fraction of sp³-hybridized carbons (Fsp3) is 0.417. The number of amides is 3. The molecule has 0 saturated carbocycles. The second-order valence-corrected chi connectivity index (χ2v) is 11.7. The molecule has 2 aliphatic rings. The molecule has 0 radical (unpaired) electrons. The van der Waals surface area contributed by atoms with Gasteiger partial charge in [-0.25, -0.2) is 0 Å². The van der Waals surface area contributed by atoms with Crippen LogP contribution >= 0.6 is 0 Å². The van der Waals surface area contributed by atoms with E-state index >= 15 is 0 Å². The third kappa shape index (κ3) is 7.03. The lowest BCUT2D eigenvalue weighted by Crippen LogP contribution is -2.47. The molecule has 244 valence electrons. The molecule has 0 spiro atoms. The summed E-state index contributed by atoms with van der Waals surface area (Å²) in [6.07, 6.45) is 1.28. The van der Waals surface area contributed by atoms with E-state index in [9.17, 15) is 14.4 Å². The van der Waals surface area contributed by atoms with Crippen molar-refractivity contribution in [1.82, 2.24) is 15.1 Å². The van der Waals surface area contributed by atoms with Gasteiger partial charge in [0.05, 0.1) is 43.7 Å². The first-order chi connectivity index (χ1) is 22.4. The predicted octanol–water partition coefficient (Wildman–Crippen LogP) is 4.86. The summed E-state index contributed by atoms with van der Waals surface area (Å²) in [5, 5.41) is 2.91. The zero-order valence-electron chi connectivity index (χ0n) is 27.2. The molecule has 2 unspecified atom stereocenters. The highest BCUT2D eigenvalue weighted by Crippen LogP contribution is 2.40. The van der Waals surface area contributed by atoms with Crippen LogP contribution in [0.1, 0.15) is 70.1 Å². The zero-order chi connectivity index (χ0) is 32.6. The van der Waals surface area contributed by atoms with Gasteiger partial charge in [0.2, 0.25) is 5.91 Å². The van der Waals surface area contributed by atoms with Crippen molar-refractivity contribution in [2.75, 3.05) is 65.6 Å². The van der Waals surface area contributed by atoms with Crippen molar-refractivity contribution in [1.29, 1.82) is 0 Å². The average molecular weight is 629 g/mol. The number of ether oxygens (including phenoxy) is 3. The van der Waals surface area contributed by atoms with Gasteiger partial charge in [-0.1, -0.05) is 42.5 Å². The van der Waals surface area contributed by atoms with Crippen LogP contribution in [0.15, 0.2) is 66.7 Å². The van der Waals surface area contributed by atoms with Crippen molar-refractivity contribution in [3.8, 4) is 11.5 Å². The van der Waals surface area contributed by atoms with Gasteiger partial charge in [-0.15, -0.1) is 0 Å². The number of imide groups is 1. The molecule has 3 amide bonds. The van der Waals surface area contributed by atoms with E-state index in [-0.39, 0.29) is 30.2 Å². The van der Waals surface area contributed by atoms with Crippen LogP contribution in [0, 0.1) is 0 Å². The number of hydrogen-bond acceptors (Lipinski definition) is 8. The number of rotatable bonds is 14. The minimum atomic E-state index is -0.570. The quantitative estimate of drug-likeness (QED) is 0.200. The lowest BCUT2D eigenvalue weighted by Gasteiger charge is -2.39. The number of carbonyl (C=O) groups excluding carboxylic acids is 3. The van der Waals surface area contributed by atoms with E-state index in [0.717, 1.165) is 37.4 Å². The molecule has 1 fully saturated rings.